The molecule has 4 heteroatoms. The zero-order valence-electron chi connectivity index (χ0n) is 8.68. The van der Waals surface area contributed by atoms with Crippen molar-refractivity contribution in [2.75, 3.05) is 0 Å². The Kier molecular flexibility index (Phi) is 2.19. The van der Waals surface area contributed by atoms with E-state index in [0.29, 0.717) is 15.4 Å². The Morgan fingerprint density at radius 3 is 2.65 bits per heavy atom. The van der Waals surface area contributed by atoms with Gasteiger partial charge in [-0.15, -0.1) is 0 Å². The van der Waals surface area contributed by atoms with Crippen molar-refractivity contribution in [1.29, 1.82) is 0 Å². The monoisotopic (exact) mass is 289 g/mol. The smallest absolute Gasteiger partial charge is 0.143 e. The fourth-order valence-electron chi connectivity index (χ4n) is 1.88. The van der Waals surface area contributed by atoms with Crippen molar-refractivity contribution < 1.29 is 10.2 Å². The number of hydrogen-bond acceptors (Lipinski definition) is 3. The zero-order chi connectivity index (χ0) is 12.0. The van der Waals surface area contributed by atoms with Crippen LogP contribution in [0.2, 0.25) is 0 Å². The molecule has 2 aromatic carbocycles. The summed E-state index contributed by atoms with van der Waals surface area (Å²) in [5.41, 5.74) is 1.20. The van der Waals surface area contributed by atoms with Gasteiger partial charge < -0.3 is 10.2 Å². The second-order valence-electron chi connectivity index (χ2n) is 3.80. The second kappa shape index (κ2) is 3.60. The summed E-state index contributed by atoms with van der Waals surface area (Å²) < 4.78 is 0.458. The number of nitrogens with zero attached hydrogens (tertiary/aromatic N) is 1. The normalized spacial score (nSPS) is 11.1. The van der Waals surface area contributed by atoms with Crippen LogP contribution < -0.4 is 0 Å². The van der Waals surface area contributed by atoms with Gasteiger partial charge in [-0.05, 0) is 28.1 Å². The average Bonchev–Trinajstić information content (AvgIpc) is 2.34. The van der Waals surface area contributed by atoms with E-state index >= 15 is 0 Å². The van der Waals surface area contributed by atoms with Crippen LogP contribution in [0.3, 0.4) is 0 Å². The molecule has 0 saturated carbocycles. The Morgan fingerprint density at radius 2 is 1.82 bits per heavy atom. The van der Waals surface area contributed by atoms with E-state index in [1.54, 1.807) is 0 Å². The number of pyridine rings is 1. The maximum absolute atomic E-state index is 9.94. The van der Waals surface area contributed by atoms with Gasteiger partial charge in [0, 0.05) is 16.8 Å². The van der Waals surface area contributed by atoms with Gasteiger partial charge in [-0.1, -0.05) is 18.2 Å². The van der Waals surface area contributed by atoms with Crippen molar-refractivity contribution in [3.05, 3.63) is 40.9 Å². The highest BCUT2D eigenvalue weighted by molar-refractivity contribution is 9.10. The van der Waals surface area contributed by atoms with Gasteiger partial charge in [-0.2, -0.15) is 0 Å². The van der Waals surface area contributed by atoms with Crippen molar-refractivity contribution in [3.63, 3.8) is 0 Å². The molecule has 3 aromatic rings. The first-order valence-corrected chi connectivity index (χ1v) is 5.86. The van der Waals surface area contributed by atoms with E-state index in [1.807, 2.05) is 30.3 Å². The number of benzene rings is 2. The quantitative estimate of drug-likeness (QED) is 0.491. The molecule has 0 bridgehead atoms. The van der Waals surface area contributed by atoms with Gasteiger partial charge in [-0.25, -0.2) is 4.98 Å². The Balaban J connectivity index is 2.56. The van der Waals surface area contributed by atoms with Crippen molar-refractivity contribution in [2.45, 2.75) is 0 Å². The molecule has 0 aliphatic heterocycles. The Hall–Kier alpha value is -1.81. The standard InChI is InChI=1S/C13H8BrNO2/c14-9-6-11(16)12-8(13(9)17)5-7-3-1-2-4-10(7)15-12/h1-6,16-17H. The minimum Gasteiger partial charge on any atom is -0.506 e. The number of para-hydroxylation sites is 1. The predicted molar refractivity (Wildman–Crippen MR) is 70.3 cm³/mol. The first kappa shape index (κ1) is 10.4. The third kappa shape index (κ3) is 1.52. The minimum absolute atomic E-state index is 0.0513. The van der Waals surface area contributed by atoms with Gasteiger partial charge in [0.05, 0.1) is 9.99 Å². The number of phenolic OH excluding ortho intramolecular Hbond substituents is 2. The van der Waals surface area contributed by atoms with Crippen LogP contribution in [-0.2, 0) is 0 Å². The third-order valence-electron chi connectivity index (χ3n) is 2.71. The molecule has 1 aromatic heterocycles. The summed E-state index contributed by atoms with van der Waals surface area (Å²) in [5.74, 6) is 0.145. The second-order valence-corrected chi connectivity index (χ2v) is 4.66. The van der Waals surface area contributed by atoms with Gasteiger partial charge >= 0.3 is 0 Å². The molecular formula is C13H8BrNO2. The molecule has 0 unspecified atom stereocenters. The zero-order valence-corrected chi connectivity index (χ0v) is 10.3. The number of aromatic hydroxyl groups is 2. The fraction of sp³-hybridized carbons (Fsp3) is 0. The molecule has 0 amide bonds. The van der Waals surface area contributed by atoms with Crippen molar-refractivity contribution in [2.24, 2.45) is 0 Å². The van der Waals surface area contributed by atoms with Crippen molar-refractivity contribution in [3.8, 4) is 11.5 Å². The van der Waals surface area contributed by atoms with Gasteiger partial charge in [-0.3, -0.25) is 0 Å². The molecule has 3 rings (SSSR count). The molecule has 0 atom stereocenters. The SMILES string of the molecule is Oc1c(Br)cc(O)c2nc3ccccc3cc12. The van der Waals surface area contributed by atoms with Crippen LogP contribution in [0.5, 0.6) is 11.5 Å². The van der Waals surface area contributed by atoms with Crippen LogP contribution in [0.25, 0.3) is 21.8 Å². The number of halogens is 1. The molecule has 0 radical (unpaired) electrons. The molecule has 0 spiro atoms. The molecule has 0 aliphatic carbocycles. The lowest BCUT2D eigenvalue weighted by Gasteiger charge is -2.06. The predicted octanol–water partition coefficient (Wildman–Crippen LogP) is 3.56. The molecular weight excluding hydrogens is 282 g/mol. The third-order valence-corrected chi connectivity index (χ3v) is 3.32. The fourth-order valence-corrected chi connectivity index (χ4v) is 2.31. The van der Waals surface area contributed by atoms with Gasteiger partial charge in [0.1, 0.15) is 17.0 Å². The van der Waals surface area contributed by atoms with E-state index in [0.717, 1.165) is 10.9 Å². The van der Waals surface area contributed by atoms with E-state index in [9.17, 15) is 10.2 Å². The first-order chi connectivity index (χ1) is 8.16. The van der Waals surface area contributed by atoms with Crippen LogP contribution in [0.1, 0.15) is 0 Å². The largest absolute Gasteiger partial charge is 0.506 e. The lowest BCUT2D eigenvalue weighted by atomic mass is 10.1. The van der Waals surface area contributed by atoms with Gasteiger partial charge in [0.15, 0.2) is 0 Å². The maximum Gasteiger partial charge on any atom is 0.143 e. The first-order valence-electron chi connectivity index (χ1n) is 5.07. The lowest BCUT2D eigenvalue weighted by molar-refractivity contribution is 0.466. The van der Waals surface area contributed by atoms with Crippen LogP contribution >= 0.6 is 15.9 Å². The summed E-state index contributed by atoms with van der Waals surface area (Å²) in [6.45, 7) is 0. The van der Waals surface area contributed by atoms with E-state index < -0.39 is 0 Å². The molecule has 0 saturated heterocycles. The topological polar surface area (TPSA) is 53.4 Å². The van der Waals surface area contributed by atoms with Gasteiger partial charge in [0.25, 0.3) is 0 Å². The number of hydrogen-bond donors (Lipinski definition) is 2. The van der Waals surface area contributed by atoms with E-state index in [1.165, 1.54) is 6.07 Å². The Morgan fingerprint density at radius 1 is 1.06 bits per heavy atom. The molecule has 84 valence electrons. The minimum atomic E-state index is 0.0513. The molecule has 1 heterocycles. The van der Waals surface area contributed by atoms with E-state index in [4.69, 9.17) is 0 Å². The highest BCUT2D eigenvalue weighted by atomic mass is 79.9. The molecule has 3 nitrogen and oxygen atoms in total. The highest BCUT2D eigenvalue weighted by Crippen LogP contribution is 2.38. The van der Waals surface area contributed by atoms with E-state index in [-0.39, 0.29) is 11.5 Å². The summed E-state index contributed by atoms with van der Waals surface area (Å²) in [7, 11) is 0. The highest BCUT2D eigenvalue weighted by Gasteiger charge is 2.11. The number of phenols is 2. The Labute approximate surface area is 105 Å². The van der Waals surface area contributed by atoms with Crippen LogP contribution in [-0.4, -0.2) is 15.2 Å². The summed E-state index contributed by atoms with van der Waals surface area (Å²) in [4.78, 5) is 4.35. The van der Waals surface area contributed by atoms with Gasteiger partial charge in [0.2, 0.25) is 0 Å². The summed E-state index contributed by atoms with van der Waals surface area (Å²) >= 11 is 3.19. The van der Waals surface area contributed by atoms with Crippen molar-refractivity contribution in [1.82, 2.24) is 4.98 Å². The number of fused-ring (bicyclic) bond motifs is 2. The molecule has 17 heavy (non-hydrogen) atoms. The summed E-state index contributed by atoms with van der Waals surface area (Å²) in [5, 5.41) is 21.2. The van der Waals surface area contributed by atoms with Crippen molar-refractivity contribution >= 4 is 37.7 Å². The van der Waals surface area contributed by atoms with E-state index in [2.05, 4.69) is 20.9 Å². The molecule has 2 N–H and O–H groups in total. The summed E-state index contributed by atoms with van der Waals surface area (Å²) in [6.07, 6.45) is 0. The Bertz CT molecular complexity index is 740. The average molecular weight is 290 g/mol. The van der Waals surface area contributed by atoms with Crippen LogP contribution in [0.15, 0.2) is 40.9 Å². The van der Waals surface area contributed by atoms with Crippen LogP contribution in [0.4, 0.5) is 0 Å². The number of aromatic nitrogens is 1. The van der Waals surface area contributed by atoms with Crippen LogP contribution in [0, 0.1) is 0 Å². The molecule has 0 fully saturated rings. The maximum atomic E-state index is 9.94. The summed E-state index contributed by atoms with van der Waals surface area (Å²) in [6, 6.07) is 10.8. The lowest BCUT2D eigenvalue weighted by Crippen LogP contribution is -1.84. The molecule has 0 aliphatic rings. The number of rotatable bonds is 0.